The smallest absolute Gasteiger partial charge is 0.319 e. The zero-order chi connectivity index (χ0) is 32.7. The van der Waals surface area contributed by atoms with Crippen molar-refractivity contribution in [3.63, 3.8) is 0 Å². The molecular formula is C28H37ClN2O13. The number of urea groups is 1. The molecule has 0 aliphatic carbocycles. The van der Waals surface area contributed by atoms with Gasteiger partial charge < -0.3 is 48.5 Å². The number of rotatable bonds is 10. The van der Waals surface area contributed by atoms with E-state index in [9.17, 15) is 24.0 Å². The zero-order valence-corrected chi connectivity index (χ0v) is 26.0. The van der Waals surface area contributed by atoms with Crippen LogP contribution in [0.5, 0.6) is 0 Å². The minimum atomic E-state index is -1.47. The molecule has 0 saturated carbocycles. The van der Waals surface area contributed by atoms with E-state index in [-0.39, 0.29) is 19.8 Å². The first kappa shape index (κ1) is 35.0. The van der Waals surface area contributed by atoms with Gasteiger partial charge in [-0.3, -0.25) is 19.2 Å². The average Bonchev–Trinajstić information content (AvgIpc) is 2.91. The lowest BCUT2D eigenvalue weighted by Crippen LogP contribution is -2.66. The molecule has 15 nitrogen and oxygen atoms in total. The zero-order valence-electron chi connectivity index (χ0n) is 25.2. The number of carbonyl (C=O) groups is 5. The van der Waals surface area contributed by atoms with Crippen LogP contribution in [0.3, 0.4) is 0 Å². The summed E-state index contributed by atoms with van der Waals surface area (Å²) in [4.78, 5) is 60.8. The van der Waals surface area contributed by atoms with E-state index in [1.165, 1.54) is 0 Å². The van der Waals surface area contributed by atoms with Crippen molar-refractivity contribution in [3.05, 3.63) is 29.3 Å². The Morgan fingerprint density at radius 1 is 0.841 bits per heavy atom. The summed E-state index contributed by atoms with van der Waals surface area (Å²) in [5, 5.41) is 5.99. The predicted octanol–water partition coefficient (Wildman–Crippen LogP) is 2.08. The number of benzene rings is 1. The van der Waals surface area contributed by atoms with Crippen molar-refractivity contribution < 1.29 is 61.9 Å². The number of hydrogen-bond acceptors (Lipinski definition) is 13. The fraction of sp³-hybridized carbons (Fsp3) is 0.607. The number of nitrogens with one attached hydrogen (secondary N) is 2. The highest BCUT2D eigenvalue weighted by atomic mass is 35.5. The molecule has 1 aromatic carbocycles. The summed E-state index contributed by atoms with van der Waals surface area (Å²) in [6.07, 6.45) is -6.90. The van der Waals surface area contributed by atoms with Crippen molar-refractivity contribution in [2.75, 3.05) is 31.7 Å². The fourth-order valence-electron chi connectivity index (χ4n) is 4.40. The molecule has 0 aromatic heterocycles. The molecule has 2 fully saturated rings. The molecule has 0 radical (unpaired) electrons. The van der Waals surface area contributed by atoms with Crippen molar-refractivity contribution in [1.29, 1.82) is 0 Å². The van der Waals surface area contributed by atoms with Gasteiger partial charge in [0.2, 0.25) is 0 Å². The Balaban J connectivity index is 1.90. The largest absolute Gasteiger partial charge is 0.463 e. The Morgan fingerprint density at radius 2 is 1.39 bits per heavy atom. The van der Waals surface area contributed by atoms with Crippen LogP contribution in [0.1, 0.15) is 41.5 Å². The monoisotopic (exact) mass is 644 g/mol. The Morgan fingerprint density at radius 3 is 1.93 bits per heavy atom. The van der Waals surface area contributed by atoms with E-state index in [0.29, 0.717) is 10.7 Å². The van der Waals surface area contributed by atoms with Crippen LogP contribution in [0, 0.1) is 0 Å². The lowest BCUT2D eigenvalue weighted by atomic mass is 9.97. The minimum Gasteiger partial charge on any atom is -0.463 e. The second-order valence-corrected chi connectivity index (χ2v) is 11.2. The Hall–Kier alpha value is -3.50. The Bertz CT molecular complexity index is 1200. The van der Waals surface area contributed by atoms with E-state index in [0.717, 1.165) is 27.7 Å². The first-order valence-corrected chi connectivity index (χ1v) is 14.0. The number of amides is 2. The van der Waals surface area contributed by atoms with Gasteiger partial charge in [-0.25, -0.2) is 4.79 Å². The number of ether oxygens (including phenoxy) is 8. The van der Waals surface area contributed by atoms with Crippen LogP contribution in [0.2, 0.25) is 5.02 Å². The van der Waals surface area contributed by atoms with E-state index in [1.54, 1.807) is 38.1 Å². The van der Waals surface area contributed by atoms with Gasteiger partial charge in [0.25, 0.3) is 0 Å². The molecule has 3 rings (SSSR count). The van der Waals surface area contributed by atoms with Crippen LogP contribution in [0.15, 0.2) is 24.3 Å². The summed E-state index contributed by atoms with van der Waals surface area (Å²) in [5.41, 5.74) is -0.842. The highest BCUT2D eigenvalue weighted by molar-refractivity contribution is 6.30. The molecule has 0 unspecified atom stereocenters. The summed E-state index contributed by atoms with van der Waals surface area (Å²) in [5.74, 6) is -3.96. The van der Waals surface area contributed by atoms with E-state index in [2.05, 4.69) is 10.6 Å². The SMILES string of the molecule is CC(=O)OC[C@H]1O[C@@H](OCC2(NC(=O)Nc3ccc(Cl)cc3)COC(C)(C)OC2)[C@H](OC(C)=O)[C@@H](OC(C)=O)[C@H]1OC(C)=O. The van der Waals surface area contributed by atoms with Gasteiger partial charge in [-0.2, -0.15) is 0 Å². The second-order valence-electron chi connectivity index (χ2n) is 10.7. The van der Waals surface area contributed by atoms with Crippen molar-refractivity contribution in [2.24, 2.45) is 0 Å². The van der Waals surface area contributed by atoms with Crippen LogP contribution in [0.25, 0.3) is 0 Å². The minimum absolute atomic E-state index is 0.0701. The van der Waals surface area contributed by atoms with Gasteiger partial charge in [-0.1, -0.05) is 11.6 Å². The number of anilines is 1. The quantitative estimate of drug-likeness (QED) is 0.279. The van der Waals surface area contributed by atoms with Crippen molar-refractivity contribution >= 4 is 47.2 Å². The van der Waals surface area contributed by atoms with Crippen LogP contribution in [-0.4, -0.2) is 98.4 Å². The van der Waals surface area contributed by atoms with Crippen LogP contribution in [-0.2, 0) is 57.1 Å². The topological polar surface area (TPSA) is 183 Å². The molecule has 2 aliphatic rings. The van der Waals surface area contributed by atoms with E-state index in [1.807, 2.05) is 0 Å². The maximum absolute atomic E-state index is 13.0. The van der Waals surface area contributed by atoms with E-state index >= 15 is 0 Å². The van der Waals surface area contributed by atoms with Gasteiger partial charge in [0, 0.05) is 38.4 Å². The molecule has 2 heterocycles. The molecule has 2 aliphatic heterocycles. The summed E-state index contributed by atoms with van der Waals surface area (Å²) in [6, 6.07) is 5.81. The van der Waals surface area contributed by atoms with Crippen LogP contribution < -0.4 is 10.6 Å². The molecule has 1 aromatic rings. The van der Waals surface area contributed by atoms with Crippen LogP contribution >= 0.6 is 11.6 Å². The van der Waals surface area contributed by atoms with Crippen molar-refractivity contribution in [1.82, 2.24) is 5.32 Å². The maximum atomic E-state index is 13.0. The molecule has 5 atom stereocenters. The first-order valence-electron chi connectivity index (χ1n) is 13.6. The van der Waals surface area contributed by atoms with Crippen molar-refractivity contribution in [3.8, 4) is 0 Å². The lowest BCUT2D eigenvalue weighted by molar-refractivity contribution is -0.321. The molecule has 16 heteroatoms. The van der Waals surface area contributed by atoms with Gasteiger partial charge in [-0.05, 0) is 38.1 Å². The molecule has 44 heavy (non-hydrogen) atoms. The van der Waals surface area contributed by atoms with Gasteiger partial charge in [-0.15, -0.1) is 0 Å². The summed E-state index contributed by atoms with van der Waals surface area (Å²) in [7, 11) is 0. The van der Waals surface area contributed by atoms with Gasteiger partial charge in [0.15, 0.2) is 30.4 Å². The molecule has 0 bridgehead atoms. The molecule has 244 valence electrons. The number of hydrogen-bond donors (Lipinski definition) is 2. The van der Waals surface area contributed by atoms with E-state index < -0.39 is 78.5 Å². The standard InChI is InChI=1S/C28H37ClN2O13/c1-15(32)37-11-21-22(41-16(2)33)23(42-17(3)34)24(43-18(4)35)25(44-21)38-12-28(13-39-27(5,6)40-14-28)31-26(36)30-20-9-7-19(29)8-10-20/h7-10,21-25H,11-14H2,1-6H3,(H2,30,31,36)/t21-,22+,23+,24-,25-/m1/s1. The third-order valence-corrected chi connectivity index (χ3v) is 6.60. The van der Waals surface area contributed by atoms with Crippen LogP contribution in [0.4, 0.5) is 10.5 Å². The fourth-order valence-corrected chi connectivity index (χ4v) is 4.53. The molecule has 2 N–H and O–H groups in total. The second kappa shape index (κ2) is 15.0. The highest BCUT2D eigenvalue weighted by Crippen LogP contribution is 2.32. The van der Waals surface area contributed by atoms with E-state index in [4.69, 9.17) is 49.5 Å². The predicted molar refractivity (Wildman–Crippen MR) is 150 cm³/mol. The normalized spacial score (nSPS) is 25.6. The molecule has 2 amide bonds. The average molecular weight is 645 g/mol. The van der Waals surface area contributed by atoms with Gasteiger partial charge >= 0.3 is 29.9 Å². The highest BCUT2D eigenvalue weighted by Gasteiger charge is 2.54. The van der Waals surface area contributed by atoms with Gasteiger partial charge in [0.1, 0.15) is 18.2 Å². The third kappa shape index (κ3) is 10.3. The first-order chi connectivity index (χ1) is 20.6. The molecule has 2 saturated heterocycles. The third-order valence-electron chi connectivity index (χ3n) is 6.35. The summed E-state index contributed by atoms with van der Waals surface area (Å²) in [6.45, 7) is 7.01. The maximum Gasteiger partial charge on any atom is 0.319 e. The summed E-state index contributed by atoms with van der Waals surface area (Å²) >= 11 is 5.93. The van der Waals surface area contributed by atoms with Crippen molar-refractivity contribution in [2.45, 2.75) is 83.6 Å². The number of esters is 4. The number of carbonyl (C=O) groups excluding carboxylic acids is 5. The molecule has 0 spiro atoms. The van der Waals surface area contributed by atoms with Gasteiger partial charge in [0.05, 0.1) is 19.8 Å². The number of halogens is 1. The Labute approximate surface area is 259 Å². The lowest BCUT2D eigenvalue weighted by Gasteiger charge is -2.46. The summed E-state index contributed by atoms with van der Waals surface area (Å²) < 4.78 is 45.1. The Kier molecular flexibility index (Phi) is 11.9. The molecular weight excluding hydrogens is 608 g/mol.